The van der Waals surface area contributed by atoms with Gasteiger partial charge in [0.2, 0.25) is 0 Å². The van der Waals surface area contributed by atoms with E-state index < -0.39 is 11.7 Å². The molecule has 0 aromatic carbocycles. The number of hydrogen-bond donors (Lipinski definition) is 1. The van der Waals surface area contributed by atoms with Crippen molar-refractivity contribution >= 4 is 44.2 Å². The number of nitrogens with zero attached hydrogens (tertiary/aromatic N) is 1. The molecular weight excluding hydrogens is 392 g/mol. The Bertz CT molecular complexity index is 329. The maximum atomic E-state index is 12.3. The van der Waals surface area contributed by atoms with Gasteiger partial charge in [-0.1, -0.05) is 11.9 Å². The summed E-state index contributed by atoms with van der Waals surface area (Å²) in [5, 5.41) is 10.2. The number of ether oxygens (including phenoxy) is 1. The van der Waals surface area contributed by atoms with Crippen LogP contribution in [0.1, 0.15) is 33.6 Å². The van der Waals surface area contributed by atoms with E-state index in [9.17, 15) is 9.90 Å². The van der Waals surface area contributed by atoms with Gasteiger partial charge < -0.3 is 18.9 Å². The van der Waals surface area contributed by atoms with Crippen molar-refractivity contribution in [1.82, 2.24) is 4.90 Å². The SMILES string of the molecule is COSB(I)CC1C(O)CCCN1C(=O)OC(C)(C)C. The molecule has 1 heterocycles. The first-order chi connectivity index (χ1) is 9.24. The van der Waals surface area contributed by atoms with E-state index in [2.05, 4.69) is 22.4 Å². The van der Waals surface area contributed by atoms with Crippen LogP contribution in [0.5, 0.6) is 0 Å². The summed E-state index contributed by atoms with van der Waals surface area (Å²) < 4.78 is 10.7. The maximum absolute atomic E-state index is 12.3. The van der Waals surface area contributed by atoms with Gasteiger partial charge in [-0.3, -0.25) is 0 Å². The van der Waals surface area contributed by atoms with Gasteiger partial charge >= 0.3 is 9.94 Å². The summed E-state index contributed by atoms with van der Waals surface area (Å²) in [5.41, 5.74) is -0.519. The van der Waals surface area contributed by atoms with Crippen LogP contribution in [0.3, 0.4) is 0 Å². The van der Waals surface area contributed by atoms with Crippen LogP contribution in [0.15, 0.2) is 0 Å². The highest BCUT2D eigenvalue weighted by atomic mass is 127. The molecule has 1 amide bonds. The van der Waals surface area contributed by atoms with E-state index in [1.165, 1.54) is 11.9 Å². The number of piperidine rings is 1. The molecule has 1 rings (SSSR count). The van der Waals surface area contributed by atoms with E-state index in [4.69, 9.17) is 8.92 Å². The highest BCUT2D eigenvalue weighted by Crippen LogP contribution is 2.29. The number of amides is 1. The van der Waals surface area contributed by atoms with Gasteiger partial charge in [0.15, 0.2) is 0 Å². The Morgan fingerprint density at radius 1 is 1.55 bits per heavy atom. The van der Waals surface area contributed by atoms with Crippen molar-refractivity contribution < 1.29 is 18.8 Å². The number of carbonyl (C=O) groups is 1. The molecule has 116 valence electrons. The predicted octanol–water partition coefficient (Wildman–Crippen LogP) is 2.96. The monoisotopic (exact) mass is 415 g/mol. The number of aliphatic hydroxyl groups is 1. The highest BCUT2D eigenvalue weighted by molar-refractivity contribution is 14.1. The number of rotatable bonds is 4. The molecule has 1 aliphatic rings. The Morgan fingerprint density at radius 3 is 2.75 bits per heavy atom. The summed E-state index contributed by atoms with van der Waals surface area (Å²) in [7, 11) is 1.62. The van der Waals surface area contributed by atoms with Gasteiger partial charge in [-0.25, -0.2) is 4.79 Å². The molecule has 5 nitrogen and oxygen atoms in total. The molecule has 0 spiro atoms. The molecule has 0 aromatic rings. The van der Waals surface area contributed by atoms with Crippen LogP contribution in [0.4, 0.5) is 4.79 Å². The van der Waals surface area contributed by atoms with Crippen molar-refractivity contribution in [2.24, 2.45) is 0 Å². The first-order valence-electron chi connectivity index (χ1n) is 6.76. The summed E-state index contributed by atoms with van der Waals surface area (Å²) >= 11 is 3.61. The fraction of sp³-hybridized carbons (Fsp3) is 0.917. The van der Waals surface area contributed by atoms with Crippen LogP contribution >= 0.6 is 34.3 Å². The Hall–Kier alpha value is 0.335. The van der Waals surface area contributed by atoms with Crippen LogP contribution in [-0.2, 0) is 8.92 Å². The third kappa shape index (κ3) is 5.99. The minimum Gasteiger partial charge on any atom is -0.444 e. The predicted molar refractivity (Wildman–Crippen MR) is 91.1 cm³/mol. The lowest BCUT2D eigenvalue weighted by Crippen LogP contribution is -2.53. The third-order valence-electron chi connectivity index (χ3n) is 3.00. The smallest absolute Gasteiger partial charge is 0.410 e. The first kappa shape index (κ1) is 18.4. The minimum atomic E-state index is -0.519. The van der Waals surface area contributed by atoms with Gasteiger partial charge in [-0.15, -0.1) is 22.4 Å². The molecule has 2 unspecified atom stereocenters. The lowest BCUT2D eigenvalue weighted by atomic mass is 9.86. The summed E-state index contributed by atoms with van der Waals surface area (Å²) in [5.74, 6) is 0. The number of hydrogen-bond acceptors (Lipinski definition) is 5. The average molecular weight is 415 g/mol. The fourth-order valence-corrected chi connectivity index (χ4v) is 3.83. The molecule has 1 N–H and O–H groups in total. The van der Waals surface area contributed by atoms with Crippen LogP contribution in [0.25, 0.3) is 0 Å². The van der Waals surface area contributed by atoms with Crippen LogP contribution in [0, 0.1) is 0 Å². The number of aliphatic hydroxyl groups excluding tert-OH is 1. The Balaban J connectivity index is 2.71. The molecule has 2 atom stereocenters. The van der Waals surface area contributed by atoms with Crippen molar-refractivity contribution in [3.05, 3.63) is 0 Å². The second kappa shape index (κ2) is 8.10. The molecule has 1 fully saturated rings. The summed E-state index contributed by atoms with van der Waals surface area (Å²) in [4.78, 5) is 13.9. The van der Waals surface area contributed by atoms with E-state index in [0.717, 1.165) is 12.8 Å². The zero-order valence-electron chi connectivity index (χ0n) is 12.5. The van der Waals surface area contributed by atoms with E-state index in [1.807, 2.05) is 20.8 Å². The first-order valence-corrected chi connectivity index (χ1v) is 8.81. The molecule has 0 bridgehead atoms. The molecule has 0 saturated carbocycles. The van der Waals surface area contributed by atoms with Crippen LogP contribution < -0.4 is 0 Å². The van der Waals surface area contributed by atoms with E-state index >= 15 is 0 Å². The lowest BCUT2D eigenvalue weighted by molar-refractivity contribution is -0.0180. The second-order valence-electron chi connectivity index (χ2n) is 5.86. The third-order valence-corrected chi connectivity index (χ3v) is 4.72. The molecule has 0 aromatic heterocycles. The molecule has 0 aliphatic carbocycles. The molecule has 1 aliphatic heterocycles. The van der Waals surface area contributed by atoms with Gasteiger partial charge in [0.25, 0.3) is 0 Å². The zero-order chi connectivity index (χ0) is 15.3. The lowest BCUT2D eigenvalue weighted by Gasteiger charge is -2.40. The fourth-order valence-electron chi connectivity index (χ4n) is 2.20. The standard InChI is InChI=1S/C12H23BINO4S/c1-12(2,3)19-11(17)15-7-5-6-10(16)9(15)8-13(14)20-18-4/h9-10,16H,5-8H2,1-4H3. The van der Waals surface area contributed by atoms with Crippen molar-refractivity contribution in [1.29, 1.82) is 0 Å². The summed E-state index contributed by atoms with van der Waals surface area (Å²) in [6, 6.07) is -0.205. The molecule has 0 radical (unpaired) electrons. The normalized spacial score (nSPS) is 23.6. The van der Waals surface area contributed by atoms with E-state index in [0.29, 0.717) is 12.9 Å². The topological polar surface area (TPSA) is 59.0 Å². The Morgan fingerprint density at radius 2 is 2.20 bits per heavy atom. The van der Waals surface area contributed by atoms with Crippen LogP contribution in [-0.4, -0.2) is 51.3 Å². The van der Waals surface area contributed by atoms with Crippen molar-refractivity contribution in [3.8, 4) is 0 Å². The van der Waals surface area contributed by atoms with Gasteiger partial charge in [-0.2, -0.15) is 0 Å². The van der Waals surface area contributed by atoms with Gasteiger partial charge in [0.05, 0.1) is 12.1 Å². The highest BCUT2D eigenvalue weighted by Gasteiger charge is 2.37. The van der Waals surface area contributed by atoms with Gasteiger partial charge in [-0.05, 0) is 39.9 Å². The minimum absolute atomic E-state index is 0.181. The van der Waals surface area contributed by atoms with Crippen LogP contribution in [0.2, 0.25) is 6.32 Å². The number of likely N-dealkylation sites (tertiary alicyclic amines) is 1. The number of carbonyl (C=O) groups excluding carboxylic acids is 1. The summed E-state index contributed by atoms with van der Waals surface area (Å²) in [6.45, 7) is 6.18. The average Bonchev–Trinajstić information content (AvgIpc) is 2.29. The zero-order valence-corrected chi connectivity index (χ0v) is 15.4. The van der Waals surface area contributed by atoms with Gasteiger partial charge in [0.1, 0.15) is 5.60 Å². The quantitative estimate of drug-likeness (QED) is 0.435. The Labute approximate surface area is 139 Å². The van der Waals surface area contributed by atoms with Crippen molar-refractivity contribution in [2.75, 3.05) is 13.7 Å². The maximum Gasteiger partial charge on any atom is 0.410 e. The van der Waals surface area contributed by atoms with Crippen molar-refractivity contribution in [2.45, 2.75) is 57.7 Å². The van der Waals surface area contributed by atoms with E-state index in [-0.39, 0.29) is 16.0 Å². The molecule has 8 heteroatoms. The summed E-state index contributed by atoms with van der Waals surface area (Å²) in [6.07, 6.45) is 1.38. The largest absolute Gasteiger partial charge is 0.444 e. The van der Waals surface area contributed by atoms with Gasteiger partial charge in [0, 0.05) is 13.7 Å². The van der Waals surface area contributed by atoms with E-state index in [1.54, 1.807) is 12.0 Å². The molecular formula is C12H23BINO4S. The molecule has 20 heavy (non-hydrogen) atoms. The molecule has 1 saturated heterocycles. The number of halogens is 1. The Kier molecular flexibility index (Phi) is 7.44. The second-order valence-corrected chi connectivity index (χ2v) is 9.30. The van der Waals surface area contributed by atoms with Crippen molar-refractivity contribution in [3.63, 3.8) is 0 Å².